The van der Waals surface area contributed by atoms with Crippen LogP contribution in [-0.4, -0.2) is 14.8 Å². The van der Waals surface area contributed by atoms with Crippen LogP contribution < -0.4 is 5.32 Å². The summed E-state index contributed by atoms with van der Waals surface area (Å²) in [5.41, 5.74) is 2.18. The molecule has 0 atom stereocenters. The zero-order valence-electron chi connectivity index (χ0n) is 9.24. The molecular weight excluding hydrogens is 224 g/mol. The molecular formula is C11H13ClN4. The first-order valence-electron chi connectivity index (χ1n) is 4.99. The number of rotatable bonds is 3. The van der Waals surface area contributed by atoms with Crippen LogP contribution in [0.25, 0.3) is 0 Å². The molecule has 0 fully saturated rings. The van der Waals surface area contributed by atoms with E-state index in [1.807, 2.05) is 32.2 Å². The number of anilines is 1. The van der Waals surface area contributed by atoms with Crippen LogP contribution in [0.1, 0.15) is 11.4 Å². The molecule has 4 nitrogen and oxygen atoms in total. The molecule has 84 valence electrons. The van der Waals surface area contributed by atoms with Gasteiger partial charge in [-0.05, 0) is 24.6 Å². The monoisotopic (exact) mass is 236 g/mol. The van der Waals surface area contributed by atoms with Gasteiger partial charge in [-0.25, -0.2) is 4.98 Å². The highest BCUT2D eigenvalue weighted by Crippen LogP contribution is 2.20. The van der Waals surface area contributed by atoms with Crippen LogP contribution in [0.4, 0.5) is 5.69 Å². The quantitative estimate of drug-likeness (QED) is 0.890. The van der Waals surface area contributed by atoms with Gasteiger partial charge in [0.05, 0.1) is 6.54 Å². The summed E-state index contributed by atoms with van der Waals surface area (Å²) < 4.78 is 1.74. The third-order valence-electron chi connectivity index (χ3n) is 2.44. The molecule has 0 aliphatic rings. The van der Waals surface area contributed by atoms with E-state index in [4.69, 9.17) is 11.6 Å². The molecule has 0 bridgehead atoms. The lowest BCUT2D eigenvalue weighted by molar-refractivity contribution is 0.712. The Morgan fingerprint density at radius 3 is 2.94 bits per heavy atom. The van der Waals surface area contributed by atoms with E-state index in [1.165, 1.54) is 0 Å². The largest absolute Gasteiger partial charge is 0.377 e. The molecule has 0 saturated heterocycles. The predicted octanol–water partition coefficient (Wildman–Crippen LogP) is 2.39. The Bertz CT molecular complexity index is 492. The zero-order valence-corrected chi connectivity index (χ0v) is 9.99. The number of nitrogens with zero attached hydrogens (tertiary/aromatic N) is 3. The van der Waals surface area contributed by atoms with Crippen molar-refractivity contribution in [2.24, 2.45) is 7.05 Å². The van der Waals surface area contributed by atoms with Gasteiger partial charge in [-0.1, -0.05) is 17.7 Å². The molecule has 0 radical (unpaired) electrons. The minimum absolute atomic E-state index is 0.637. The minimum Gasteiger partial charge on any atom is -0.377 e. The molecule has 0 saturated carbocycles. The summed E-state index contributed by atoms with van der Waals surface area (Å²) >= 11 is 5.94. The van der Waals surface area contributed by atoms with Gasteiger partial charge in [0.25, 0.3) is 0 Å². The molecule has 0 amide bonds. The van der Waals surface area contributed by atoms with Crippen LogP contribution in [0.2, 0.25) is 5.02 Å². The molecule has 1 heterocycles. The smallest absolute Gasteiger partial charge is 0.145 e. The predicted molar refractivity (Wildman–Crippen MR) is 64.5 cm³/mol. The van der Waals surface area contributed by atoms with Crippen molar-refractivity contribution < 1.29 is 0 Å². The number of halogens is 1. The number of aryl methyl sites for hydroxylation is 2. The highest BCUT2D eigenvalue weighted by atomic mass is 35.5. The summed E-state index contributed by atoms with van der Waals surface area (Å²) in [4.78, 5) is 4.14. The molecule has 1 aromatic carbocycles. The summed E-state index contributed by atoms with van der Waals surface area (Å²) in [6, 6.07) is 5.78. The Morgan fingerprint density at radius 1 is 1.44 bits per heavy atom. The Hall–Kier alpha value is -1.55. The first kappa shape index (κ1) is 11.0. The van der Waals surface area contributed by atoms with Gasteiger partial charge >= 0.3 is 0 Å². The lowest BCUT2D eigenvalue weighted by Gasteiger charge is -2.09. The molecule has 0 aliphatic heterocycles. The minimum atomic E-state index is 0.637. The average Bonchev–Trinajstić information content (AvgIpc) is 2.66. The van der Waals surface area contributed by atoms with Gasteiger partial charge in [-0.2, -0.15) is 5.10 Å². The van der Waals surface area contributed by atoms with Crippen LogP contribution in [0.3, 0.4) is 0 Å². The van der Waals surface area contributed by atoms with Crippen LogP contribution in [0.5, 0.6) is 0 Å². The molecule has 0 aliphatic carbocycles. The maximum atomic E-state index is 5.94. The highest BCUT2D eigenvalue weighted by Gasteiger charge is 2.02. The van der Waals surface area contributed by atoms with E-state index in [0.717, 1.165) is 22.1 Å². The Morgan fingerprint density at radius 2 is 2.25 bits per heavy atom. The summed E-state index contributed by atoms with van der Waals surface area (Å²) in [5.74, 6) is 0.888. The second-order valence-corrected chi connectivity index (χ2v) is 4.05. The Balaban J connectivity index is 2.10. The lowest BCUT2D eigenvalue weighted by atomic mass is 10.2. The van der Waals surface area contributed by atoms with E-state index in [2.05, 4.69) is 15.4 Å². The van der Waals surface area contributed by atoms with E-state index >= 15 is 0 Å². The molecule has 1 aromatic heterocycles. The third-order valence-corrected chi connectivity index (χ3v) is 2.68. The van der Waals surface area contributed by atoms with Crippen molar-refractivity contribution in [2.75, 3.05) is 5.32 Å². The molecule has 2 rings (SSSR count). The number of benzene rings is 1. The fourth-order valence-corrected chi connectivity index (χ4v) is 1.61. The Labute approximate surface area is 99.3 Å². The van der Waals surface area contributed by atoms with E-state index in [0.29, 0.717) is 6.54 Å². The molecule has 0 spiro atoms. The van der Waals surface area contributed by atoms with Gasteiger partial charge in [-0.15, -0.1) is 0 Å². The highest BCUT2D eigenvalue weighted by molar-refractivity contribution is 6.30. The maximum Gasteiger partial charge on any atom is 0.145 e. The molecule has 5 heteroatoms. The van der Waals surface area contributed by atoms with Gasteiger partial charge in [0.15, 0.2) is 0 Å². The first-order chi connectivity index (χ1) is 7.66. The standard InChI is InChI=1S/C11H13ClN4/c1-8-3-4-9(12)5-10(8)13-6-11-14-7-15-16(11)2/h3-5,7,13H,6H2,1-2H3. The van der Waals surface area contributed by atoms with Crippen LogP contribution >= 0.6 is 11.6 Å². The summed E-state index contributed by atoms with van der Waals surface area (Å²) in [7, 11) is 1.87. The van der Waals surface area contributed by atoms with Crippen molar-refractivity contribution >= 4 is 17.3 Å². The second kappa shape index (κ2) is 4.53. The van der Waals surface area contributed by atoms with Gasteiger partial charge in [0.2, 0.25) is 0 Å². The molecule has 0 unspecified atom stereocenters. The summed E-state index contributed by atoms with van der Waals surface area (Å²) in [6.45, 7) is 2.67. The van der Waals surface area contributed by atoms with Gasteiger partial charge in [-0.3, -0.25) is 4.68 Å². The fraction of sp³-hybridized carbons (Fsp3) is 0.273. The maximum absolute atomic E-state index is 5.94. The normalized spacial score (nSPS) is 10.4. The van der Waals surface area contributed by atoms with Crippen LogP contribution in [0, 0.1) is 6.92 Å². The van der Waals surface area contributed by atoms with Gasteiger partial charge in [0, 0.05) is 17.8 Å². The van der Waals surface area contributed by atoms with Gasteiger partial charge in [0.1, 0.15) is 12.2 Å². The molecule has 16 heavy (non-hydrogen) atoms. The molecule has 2 aromatic rings. The number of hydrogen-bond donors (Lipinski definition) is 1. The van der Waals surface area contributed by atoms with Crippen molar-refractivity contribution in [2.45, 2.75) is 13.5 Å². The third kappa shape index (κ3) is 2.33. The van der Waals surface area contributed by atoms with Crippen LogP contribution in [0.15, 0.2) is 24.5 Å². The number of aromatic nitrogens is 3. The lowest BCUT2D eigenvalue weighted by Crippen LogP contribution is -2.07. The topological polar surface area (TPSA) is 42.7 Å². The van der Waals surface area contributed by atoms with E-state index in [1.54, 1.807) is 11.0 Å². The zero-order chi connectivity index (χ0) is 11.5. The van der Waals surface area contributed by atoms with Gasteiger partial charge < -0.3 is 5.32 Å². The van der Waals surface area contributed by atoms with E-state index in [9.17, 15) is 0 Å². The summed E-state index contributed by atoms with van der Waals surface area (Å²) in [6.07, 6.45) is 1.54. The number of nitrogens with one attached hydrogen (secondary N) is 1. The average molecular weight is 237 g/mol. The van der Waals surface area contributed by atoms with E-state index < -0.39 is 0 Å². The SMILES string of the molecule is Cc1ccc(Cl)cc1NCc1ncnn1C. The Kier molecular flexibility index (Phi) is 3.10. The second-order valence-electron chi connectivity index (χ2n) is 3.61. The number of hydrogen-bond acceptors (Lipinski definition) is 3. The van der Waals surface area contributed by atoms with Crippen molar-refractivity contribution in [3.05, 3.63) is 40.9 Å². The van der Waals surface area contributed by atoms with E-state index in [-0.39, 0.29) is 0 Å². The van der Waals surface area contributed by atoms with Crippen molar-refractivity contribution in [3.63, 3.8) is 0 Å². The van der Waals surface area contributed by atoms with Crippen molar-refractivity contribution in [3.8, 4) is 0 Å². The van der Waals surface area contributed by atoms with Crippen molar-refractivity contribution in [1.29, 1.82) is 0 Å². The first-order valence-corrected chi connectivity index (χ1v) is 5.37. The van der Waals surface area contributed by atoms with Crippen LogP contribution in [-0.2, 0) is 13.6 Å². The van der Waals surface area contributed by atoms with Crippen molar-refractivity contribution in [1.82, 2.24) is 14.8 Å². The fourth-order valence-electron chi connectivity index (χ4n) is 1.44. The molecule has 1 N–H and O–H groups in total. The summed E-state index contributed by atoms with van der Waals surface area (Å²) in [5, 5.41) is 8.03.